The van der Waals surface area contributed by atoms with Crippen LogP contribution in [0.5, 0.6) is 0 Å². The second-order valence-corrected chi connectivity index (χ2v) is 5.42. The lowest BCUT2D eigenvalue weighted by Gasteiger charge is -2.27. The number of carbonyl (C=O) groups excluding carboxylic acids is 1. The zero-order chi connectivity index (χ0) is 14.2. The number of hydrogen-bond acceptors (Lipinski definition) is 2. The maximum Gasteiger partial charge on any atom is 0.315 e. The van der Waals surface area contributed by atoms with Crippen molar-refractivity contribution in [1.82, 2.24) is 10.6 Å². The molecule has 2 amide bonds. The van der Waals surface area contributed by atoms with Gasteiger partial charge >= 0.3 is 12.0 Å². The summed E-state index contributed by atoms with van der Waals surface area (Å²) in [4.78, 5) is 22.1. The number of aliphatic carboxylic acids is 1. The van der Waals surface area contributed by atoms with Gasteiger partial charge in [-0.05, 0) is 40.0 Å². The van der Waals surface area contributed by atoms with Crippen LogP contribution in [-0.2, 0) is 4.79 Å². The van der Waals surface area contributed by atoms with Crippen LogP contribution in [0.1, 0.15) is 59.8 Å². The standard InChI is InChI=1S/C13H26N2O3/c1-5-9-13(3,4)15-12(18)14-10(2)7-6-8-11(16)17/h10H,5-9H2,1-4H3,(H,16,17)(H2,14,15,18). The summed E-state index contributed by atoms with van der Waals surface area (Å²) in [5, 5.41) is 14.3. The molecule has 0 aromatic rings. The van der Waals surface area contributed by atoms with Crippen LogP contribution >= 0.6 is 0 Å². The molecular formula is C13H26N2O3. The SMILES string of the molecule is CCCC(C)(C)NC(=O)NC(C)CCCC(=O)O. The molecule has 3 N–H and O–H groups in total. The van der Waals surface area contributed by atoms with Crippen LogP contribution in [0.4, 0.5) is 4.79 Å². The Balaban J connectivity index is 3.89. The van der Waals surface area contributed by atoms with Gasteiger partial charge in [0, 0.05) is 18.0 Å². The topological polar surface area (TPSA) is 78.4 Å². The van der Waals surface area contributed by atoms with Gasteiger partial charge in [-0.25, -0.2) is 4.79 Å². The third-order valence-corrected chi connectivity index (χ3v) is 2.73. The first-order valence-corrected chi connectivity index (χ1v) is 6.57. The molecule has 1 unspecified atom stereocenters. The summed E-state index contributed by atoms with van der Waals surface area (Å²) in [6.07, 6.45) is 3.34. The van der Waals surface area contributed by atoms with Gasteiger partial charge in [0.2, 0.25) is 0 Å². The zero-order valence-corrected chi connectivity index (χ0v) is 11.9. The maximum atomic E-state index is 11.7. The van der Waals surface area contributed by atoms with E-state index in [1.807, 2.05) is 20.8 Å². The molecule has 0 aromatic heterocycles. The molecule has 5 heteroatoms. The summed E-state index contributed by atoms with van der Waals surface area (Å²) in [5.74, 6) is -0.796. The lowest BCUT2D eigenvalue weighted by molar-refractivity contribution is -0.137. The third-order valence-electron chi connectivity index (χ3n) is 2.73. The number of carbonyl (C=O) groups is 2. The van der Waals surface area contributed by atoms with Crippen molar-refractivity contribution in [2.24, 2.45) is 0 Å². The fraction of sp³-hybridized carbons (Fsp3) is 0.846. The zero-order valence-electron chi connectivity index (χ0n) is 11.9. The summed E-state index contributed by atoms with van der Waals surface area (Å²) in [7, 11) is 0. The molecule has 5 nitrogen and oxygen atoms in total. The molecular weight excluding hydrogens is 232 g/mol. The monoisotopic (exact) mass is 258 g/mol. The Morgan fingerprint density at radius 2 is 1.94 bits per heavy atom. The number of carboxylic acid groups (broad SMARTS) is 1. The molecule has 0 heterocycles. The second kappa shape index (κ2) is 7.95. The molecule has 0 spiro atoms. The normalized spacial score (nSPS) is 12.9. The van der Waals surface area contributed by atoms with Crippen molar-refractivity contribution in [3.8, 4) is 0 Å². The molecule has 0 aliphatic carbocycles. The highest BCUT2D eigenvalue weighted by atomic mass is 16.4. The average molecular weight is 258 g/mol. The van der Waals surface area contributed by atoms with Crippen molar-refractivity contribution in [2.75, 3.05) is 0 Å². The smallest absolute Gasteiger partial charge is 0.315 e. The second-order valence-electron chi connectivity index (χ2n) is 5.42. The van der Waals surface area contributed by atoms with Gasteiger partial charge in [-0.1, -0.05) is 13.3 Å². The van der Waals surface area contributed by atoms with E-state index in [1.165, 1.54) is 0 Å². The highest BCUT2D eigenvalue weighted by Crippen LogP contribution is 2.10. The van der Waals surface area contributed by atoms with Crippen molar-refractivity contribution in [3.05, 3.63) is 0 Å². The van der Waals surface area contributed by atoms with Gasteiger partial charge < -0.3 is 15.7 Å². The number of carboxylic acids is 1. The molecule has 0 rings (SSSR count). The molecule has 0 radical (unpaired) electrons. The van der Waals surface area contributed by atoms with Gasteiger partial charge in [-0.2, -0.15) is 0 Å². The van der Waals surface area contributed by atoms with Gasteiger partial charge in [-0.3, -0.25) is 4.79 Å². The number of nitrogens with one attached hydrogen (secondary N) is 2. The van der Waals surface area contributed by atoms with Crippen molar-refractivity contribution in [3.63, 3.8) is 0 Å². The third kappa shape index (κ3) is 8.84. The fourth-order valence-corrected chi connectivity index (χ4v) is 1.89. The van der Waals surface area contributed by atoms with E-state index in [-0.39, 0.29) is 24.0 Å². The molecule has 0 fully saturated rings. The summed E-state index contributed by atoms with van der Waals surface area (Å²) < 4.78 is 0. The van der Waals surface area contributed by atoms with Crippen LogP contribution in [0, 0.1) is 0 Å². The van der Waals surface area contributed by atoms with Crippen LogP contribution in [0.2, 0.25) is 0 Å². The van der Waals surface area contributed by atoms with E-state index in [0.717, 1.165) is 12.8 Å². The summed E-state index contributed by atoms with van der Waals surface area (Å²) in [5.41, 5.74) is -0.209. The highest BCUT2D eigenvalue weighted by molar-refractivity contribution is 5.75. The van der Waals surface area contributed by atoms with E-state index >= 15 is 0 Å². The summed E-state index contributed by atoms with van der Waals surface area (Å²) in [6, 6.07) is -0.196. The van der Waals surface area contributed by atoms with Crippen molar-refractivity contribution in [1.29, 1.82) is 0 Å². The van der Waals surface area contributed by atoms with Crippen LogP contribution in [0.25, 0.3) is 0 Å². The first kappa shape index (κ1) is 16.7. The fourth-order valence-electron chi connectivity index (χ4n) is 1.89. The predicted octanol–water partition coefficient (Wildman–Crippen LogP) is 2.51. The van der Waals surface area contributed by atoms with E-state index in [2.05, 4.69) is 17.6 Å². The van der Waals surface area contributed by atoms with Gasteiger partial charge in [0.1, 0.15) is 0 Å². The van der Waals surface area contributed by atoms with E-state index < -0.39 is 5.97 Å². The van der Waals surface area contributed by atoms with E-state index in [9.17, 15) is 9.59 Å². The molecule has 106 valence electrons. The Hall–Kier alpha value is -1.26. The van der Waals surface area contributed by atoms with Crippen LogP contribution in [0.3, 0.4) is 0 Å². The minimum Gasteiger partial charge on any atom is -0.481 e. The quantitative estimate of drug-likeness (QED) is 0.626. The Labute approximate surface area is 109 Å². The first-order chi connectivity index (χ1) is 8.26. The minimum atomic E-state index is -0.796. The Kier molecular flexibility index (Phi) is 7.39. The molecule has 18 heavy (non-hydrogen) atoms. The highest BCUT2D eigenvalue weighted by Gasteiger charge is 2.19. The Morgan fingerprint density at radius 1 is 1.33 bits per heavy atom. The van der Waals surface area contributed by atoms with Crippen LogP contribution in [0.15, 0.2) is 0 Å². The number of hydrogen-bond donors (Lipinski definition) is 3. The first-order valence-electron chi connectivity index (χ1n) is 6.57. The molecule has 0 aliphatic heterocycles. The number of rotatable bonds is 8. The molecule has 0 saturated heterocycles. The van der Waals surface area contributed by atoms with Gasteiger partial charge in [-0.15, -0.1) is 0 Å². The Morgan fingerprint density at radius 3 is 2.44 bits per heavy atom. The van der Waals surface area contributed by atoms with Gasteiger partial charge in [0.05, 0.1) is 0 Å². The molecule has 0 saturated carbocycles. The summed E-state index contributed by atoms with van der Waals surface area (Å²) >= 11 is 0. The summed E-state index contributed by atoms with van der Waals surface area (Å²) in [6.45, 7) is 7.94. The number of urea groups is 1. The number of amides is 2. The maximum absolute atomic E-state index is 11.7. The van der Waals surface area contributed by atoms with Crippen LogP contribution < -0.4 is 10.6 Å². The molecule has 0 aromatic carbocycles. The lowest BCUT2D eigenvalue weighted by Crippen LogP contribution is -2.50. The van der Waals surface area contributed by atoms with Gasteiger partial charge in [0.25, 0.3) is 0 Å². The predicted molar refractivity (Wildman–Crippen MR) is 71.6 cm³/mol. The minimum absolute atomic E-state index is 0.0122. The molecule has 0 bridgehead atoms. The largest absolute Gasteiger partial charge is 0.481 e. The van der Waals surface area contributed by atoms with Crippen molar-refractivity contribution >= 4 is 12.0 Å². The van der Waals surface area contributed by atoms with E-state index in [0.29, 0.717) is 12.8 Å². The Bertz CT molecular complexity index is 277. The van der Waals surface area contributed by atoms with E-state index in [4.69, 9.17) is 5.11 Å². The van der Waals surface area contributed by atoms with E-state index in [1.54, 1.807) is 0 Å². The van der Waals surface area contributed by atoms with Crippen molar-refractivity contribution < 1.29 is 14.7 Å². The van der Waals surface area contributed by atoms with Crippen molar-refractivity contribution in [2.45, 2.75) is 71.4 Å². The molecule has 1 atom stereocenters. The van der Waals surface area contributed by atoms with Crippen LogP contribution in [-0.4, -0.2) is 28.7 Å². The lowest BCUT2D eigenvalue weighted by atomic mass is 9.99. The molecule has 0 aliphatic rings. The average Bonchev–Trinajstić information content (AvgIpc) is 2.14. The van der Waals surface area contributed by atoms with Gasteiger partial charge in [0.15, 0.2) is 0 Å².